The van der Waals surface area contributed by atoms with Gasteiger partial charge in [-0.05, 0) is 47.7 Å². The number of aromatic nitrogens is 1. The number of rotatable bonds is 2. The Kier molecular flexibility index (Phi) is 3.77. The van der Waals surface area contributed by atoms with Crippen molar-refractivity contribution < 1.29 is 9.59 Å². The largest absolute Gasteiger partial charge is 0.298 e. The first-order chi connectivity index (χ1) is 10.1. The Morgan fingerprint density at radius 3 is 2.76 bits per heavy atom. The van der Waals surface area contributed by atoms with E-state index in [0.717, 1.165) is 22.2 Å². The Morgan fingerprint density at radius 1 is 1.19 bits per heavy atom. The molecule has 1 fully saturated rings. The zero-order valence-corrected chi connectivity index (χ0v) is 12.3. The molecular formula is C15H9ClN2O2S. The fraction of sp³-hybridized carbons (Fsp3) is 0. The Balaban J connectivity index is 1.94. The minimum atomic E-state index is -0.351. The number of carbonyl (C=O) groups is 2. The fourth-order valence-corrected chi connectivity index (χ4v) is 2.94. The van der Waals surface area contributed by atoms with Crippen molar-refractivity contribution in [3.8, 4) is 0 Å². The quantitative estimate of drug-likeness (QED) is 0.786. The lowest BCUT2D eigenvalue weighted by Crippen LogP contribution is -2.27. The van der Waals surface area contributed by atoms with Gasteiger partial charge in [-0.15, -0.1) is 0 Å². The van der Waals surface area contributed by atoms with Gasteiger partial charge in [0.05, 0.1) is 10.6 Å². The fourth-order valence-electron chi connectivity index (χ4n) is 1.92. The Bertz CT molecular complexity index is 746. The average molecular weight is 317 g/mol. The van der Waals surface area contributed by atoms with Gasteiger partial charge in [0, 0.05) is 17.4 Å². The van der Waals surface area contributed by atoms with Crippen molar-refractivity contribution in [3.05, 3.63) is 64.3 Å². The summed E-state index contributed by atoms with van der Waals surface area (Å²) in [4.78, 5) is 29.9. The highest BCUT2D eigenvalue weighted by Gasteiger charge is 2.36. The second kappa shape index (κ2) is 5.71. The van der Waals surface area contributed by atoms with Crippen molar-refractivity contribution in [1.29, 1.82) is 0 Å². The summed E-state index contributed by atoms with van der Waals surface area (Å²) in [6, 6.07) is 10.2. The number of carbonyl (C=O) groups excluding carboxylic acids is 2. The van der Waals surface area contributed by atoms with Crippen LogP contribution < -0.4 is 4.90 Å². The number of halogens is 1. The third-order valence-corrected chi connectivity index (χ3v) is 3.95. The number of amides is 2. The molecular weight excluding hydrogens is 308 g/mol. The molecule has 0 spiro atoms. The van der Waals surface area contributed by atoms with Crippen LogP contribution in [0.3, 0.4) is 0 Å². The number of pyridine rings is 1. The van der Waals surface area contributed by atoms with Crippen LogP contribution in [0.4, 0.5) is 10.5 Å². The van der Waals surface area contributed by atoms with Crippen LogP contribution in [0.1, 0.15) is 5.56 Å². The van der Waals surface area contributed by atoms with E-state index in [4.69, 9.17) is 11.6 Å². The molecule has 1 aromatic heterocycles. The molecule has 1 aliphatic rings. The smallest absolute Gasteiger partial charge is 0.268 e. The topological polar surface area (TPSA) is 50.3 Å². The zero-order chi connectivity index (χ0) is 14.8. The maximum absolute atomic E-state index is 12.4. The van der Waals surface area contributed by atoms with Crippen LogP contribution in [-0.2, 0) is 4.79 Å². The van der Waals surface area contributed by atoms with E-state index in [1.165, 1.54) is 0 Å². The van der Waals surface area contributed by atoms with E-state index in [1.807, 2.05) is 6.07 Å². The molecule has 0 N–H and O–H groups in total. The SMILES string of the molecule is O=C1S/C(=C\c2cccnc2)C(=O)N1c1cccc(Cl)c1. The van der Waals surface area contributed by atoms with Gasteiger partial charge in [-0.3, -0.25) is 14.6 Å². The summed E-state index contributed by atoms with van der Waals surface area (Å²) in [6.45, 7) is 0. The van der Waals surface area contributed by atoms with E-state index in [1.54, 1.807) is 48.8 Å². The molecule has 0 radical (unpaired) electrons. The minimum absolute atomic E-state index is 0.336. The van der Waals surface area contributed by atoms with Crippen LogP contribution in [0.5, 0.6) is 0 Å². The molecule has 0 aliphatic carbocycles. The van der Waals surface area contributed by atoms with Crippen LogP contribution >= 0.6 is 23.4 Å². The molecule has 6 heteroatoms. The van der Waals surface area contributed by atoms with Gasteiger partial charge < -0.3 is 0 Å². The Hall–Kier alpha value is -2.11. The van der Waals surface area contributed by atoms with Crippen molar-refractivity contribution in [2.24, 2.45) is 0 Å². The number of hydrogen-bond donors (Lipinski definition) is 0. The highest BCUT2D eigenvalue weighted by atomic mass is 35.5. The molecule has 2 amide bonds. The van der Waals surface area contributed by atoms with Gasteiger partial charge in [0.25, 0.3) is 11.1 Å². The first kappa shape index (κ1) is 13.9. The molecule has 3 rings (SSSR count). The minimum Gasteiger partial charge on any atom is -0.268 e. The molecule has 1 saturated heterocycles. The molecule has 21 heavy (non-hydrogen) atoms. The van der Waals surface area contributed by atoms with Gasteiger partial charge in [0.15, 0.2) is 0 Å². The number of hydrogen-bond acceptors (Lipinski definition) is 4. The number of thioether (sulfide) groups is 1. The van der Waals surface area contributed by atoms with Crippen LogP contribution in [0, 0.1) is 0 Å². The van der Waals surface area contributed by atoms with Crippen LogP contribution in [0.15, 0.2) is 53.7 Å². The summed E-state index contributed by atoms with van der Waals surface area (Å²) in [6.07, 6.45) is 4.94. The van der Waals surface area contributed by atoms with Crippen molar-refractivity contribution in [2.45, 2.75) is 0 Å². The second-order valence-electron chi connectivity index (χ2n) is 4.28. The molecule has 4 nitrogen and oxygen atoms in total. The molecule has 2 heterocycles. The van der Waals surface area contributed by atoms with Crippen LogP contribution in [0.25, 0.3) is 6.08 Å². The maximum Gasteiger partial charge on any atom is 0.298 e. The van der Waals surface area contributed by atoms with Crippen molar-refractivity contribution >= 4 is 46.3 Å². The van der Waals surface area contributed by atoms with Gasteiger partial charge in [-0.25, -0.2) is 4.90 Å². The number of imide groups is 1. The van der Waals surface area contributed by atoms with Crippen molar-refractivity contribution in [2.75, 3.05) is 4.90 Å². The third-order valence-electron chi connectivity index (χ3n) is 2.84. The van der Waals surface area contributed by atoms with E-state index in [-0.39, 0.29) is 11.1 Å². The first-order valence-corrected chi connectivity index (χ1v) is 7.28. The Labute approximate surface area is 130 Å². The average Bonchev–Trinajstić information content (AvgIpc) is 2.74. The maximum atomic E-state index is 12.4. The zero-order valence-electron chi connectivity index (χ0n) is 10.7. The molecule has 0 unspecified atom stereocenters. The van der Waals surface area contributed by atoms with Crippen molar-refractivity contribution in [1.82, 2.24) is 4.98 Å². The van der Waals surface area contributed by atoms with Crippen LogP contribution in [-0.4, -0.2) is 16.1 Å². The van der Waals surface area contributed by atoms with Crippen molar-refractivity contribution in [3.63, 3.8) is 0 Å². The summed E-state index contributed by atoms with van der Waals surface area (Å²) >= 11 is 6.81. The predicted octanol–water partition coefficient (Wildman–Crippen LogP) is 3.98. The molecule has 0 saturated carbocycles. The standard InChI is InChI=1S/C15H9ClN2O2S/c16-11-4-1-5-12(8-11)18-14(19)13(21-15(18)20)7-10-3-2-6-17-9-10/h1-9H/b13-7-. The van der Waals surface area contributed by atoms with Gasteiger partial charge in [0.1, 0.15) is 0 Å². The highest BCUT2D eigenvalue weighted by molar-refractivity contribution is 8.19. The van der Waals surface area contributed by atoms with Gasteiger partial charge in [-0.2, -0.15) is 0 Å². The summed E-state index contributed by atoms with van der Waals surface area (Å²) in [5.41, 5.74) is 1.24. The monoisotopic (exact) mass is 316 g/mol. The lowest BCUT2D eigenvalue weighted by Gasteiger charge is -2.12. The summed E-state index contributed by atoms with van der Waals surface area (Å²) < 4.78 is 0. The number of nitrogens with zero attached hydrogens (tertiary/aromatic N) is 2. The molecule has 1 aromatic carbocycles. The number of anilines is 1. The first-order valence-electron chi connectivity index (χ1n) is 6.09. The predicted molar refractivity (Wildman–Crippen MR) is 84.1 cm³/mol. The van der Waals surface area contributed by atoms with Gasteiger partial charge in [-0.1, -0.05) is 23.7 Å². The lowest BCUT2D eigenvalue weighted by atomic mass is 10.2. The highest BCUT2D eigenvalue weighted by Crippen LogP contribution is 2.36. The van der Waals surface area contributed by atoms with E-state index in [9.17, 15) is 9.59 Å². The van der Waals surface area contributed by atoms with E-state index < -0.39 is 0 Å². The van der Waals surface area contributed by atoms with E-state index in [2.05, 4.69) is 4.98 Å². The van der Waals surface area contributed by atoms with E-state index >= 15 is 0 Å². The molecule has 0 atom stereocenters. The molecule has 104 valence electrons. The van der Waals surface area contributed by atoms with Crippen LogP contribution in [0.2, 0.25) is 5.02 Å². The summed E-state index contributed by atoms with van der Waals surface area (Å²) in [5, 5.41) is 0.139. The van der Waals surface area contributed by atoms with Gasteiger partial charge in [0.2, 0.25) is 0 Å². The number of benzene rings is 1. The molecule has 2 aromatic rings. The normalized spacial score (nSPS) is 16.8. The second-order valence-corrected chi connectivity index (χ2v) is 5.71. The molecule has 1 aliphatic heterocycles. The Morgan fingerprint density at radius 2 is 2.05 bits per heavy atom. The summed E-state index contributed by atoms with van der Waals surface area (Å²) in [5.74, 6) is -0.351. The third kappa shape index (κ3) is 2.84. The van der Waals surface area contributed by atoms with Gasteiger partial charge >= 0.3 is 0 Å². The van der Waals surface area contributed by atoms with E-state index in [0.29, 0.717) is 15.6 Å². The molecule has 0 bridgehead atoms. The summed E-state index contributed by atoms with van der Waals surface area (Å²) in [7, 11) is 0. The lowest BCUT2D eigenvalue weighted by molar-refractivity contribution is -0.113.